The molecule has 1 atom stereocenters. The Morgan fingerprint density at radius 1 is 1.50 bits per heavy atom. The minimum atomic E-state index is 0.117. The first kappa shape index (κ1) is 12.9. The van der Waals surface area contributed by atoms with Crippen molar-refractivity contribution in [1.82, 2.24) is 4.90 Å². The highest BCUT2D eigenvalue weighted by Gasteiger charge is 2.29. The number of rotatable bonds is 5. The maximum Gasteiger partial charge on any atom is 0.223 e. The molecule has 0 radical (unpaired) electrons. The first-order valence-corrected chi connectivity index (χ1v) is 6.48. The normalized spacial score (nSPS) is 19.2. The third kappa shape index (κ3) is 3.22. The molecule has 4 heteroatoms. The number of furan rings is 1. The molecule has 1 fully saturated rings. The zero-order valence-corrected chi connectivity index (χ0v) is 10.7. The van der Waals surface area contributed by atoms with Crippen molar-refractivity contribution in [1.29, 1.82) is 0 Å². The molecule has 0 saturated carbocycles. The van der Waals surface area contributed by atoms with Crippen LogP contribution in [0.3, 0.4) is 0 Å². The van der Waals surface area contributed by atoms with Crippen LogP contribution < -0.4 is 0 Å². The fraction of sp³-hybridized carbons (Fsp3) is 0.571. The van der Waals surface area contributed by atoms with E-state index in [-0.39, 0.29) is 17.7 Å². The summed E-state index contributed by atoms with van der Waals surface area (Å²) in [5.74, 6) is 1.13. The van der Waals surface area contributed by atoms with Crippen molar-refractivity contribution in [2.45, 2.75) is 45.1 Å². The number of amides is 1. The van der Waals surface area contributed by atoms with E-state index >= 15 is 0 Å². The lowest BCUT2D eigenvalue weighted by Crippen LogP contribution is -2.36. The average molecular weight is 249 g/mol. The van der Waals surface area contributed by atoms with E-state index in [0.717, 1.165) is 25.1 Å². The maximum atomic E-state index is 12.1. The van der Waals surface area contributed by atoms with E-state index in [2.05, 4.69) is 0 Å². The van der Waals surface area contributed by atoms with Crippen LogP contribution in [0.1, 0.15) is 38.4 Å². The van der Waals surface area contributed by atoms with Crippen molar-refractivity contribution in [3.05, 3.63) is 24.2 Å². The number of carbonyl (C=O) groups is 2. The number of ketones is 1. The molecule has 0 N–H and O–H groups in total. The van der Waals surface area contributed by atoms with E-state index < -0.39 is 0 Å². The van der Waals surface area contributed by atoms with Gasteiger partial charge in [0.15, 0.2) is 0 Å². The molecule has 1 unspecified atom stereocenters. The first-order valence-electron chi connectivity index (χ1n) is 6.48. The van der Waals surface area contributed by atoms with Gasteiger partial charge in [0.1, 0.15) is 11.5 Å². The van der Waals surface area contributed by atoms with Gasteiger partial charge in [-0.2, -0.15) is 0 Å². The van der Waals surface area contributed by atoms with Crippen LogP contribution in [0.25, 0.3) is 0 Å². The van der Waals surface area contributed by atoms with Gasteiger partial charge in [-0.05, 0) is 31.9 Å². The number of aryl methyl sites for hydroxylation is 1. The number of carbonyl (C=O) groups excluding carboxylic acids is 2. The SMILES string of the molecule is CC(=O)CC1CCCN1C(=O)CCc1ccco1. The molecule has 4 nitrogen and oxygen atoms in total. The second-order valence-electron chi connectivity index (χ2n) is 4.87. The minimum Gasteiger partial charge on any atom is -0.469 e. The number of hydrogen-bond acceptors (Lipinski definition) is 3. The lowest BCUT2D eigenvalue weighted by atomic mass is 10.1. The first-order chi connectivity index (χ1) is 8.66. The van der Waals surface area contributed by atoms with Crippen molar-refractivity contribution in [3.63, 3.8) is 0 Å². The Kier molecular flexibility index (Phi) is 4.18. The van der Waals surface area contributed by atoms with Gasteiger partial charge < -0.3 is 9.32 Å². The largest absolute Gasteiger partial charge is 0.469 e. The molecule has 0 aliphatic carbocycles. The summed E-state index contributed by atoms with van der Waals surface area (Å²) < 4.78 is 5.21. The Labute approximate surface area is 107 Å². The van der Waals surface area contributed by atoms with E-state index in [1.54, 1.807) is 13.2 Å². The minimum absolute atomic E-state index is 0.117. The van der Waals surface area contributed by atoms with Gasteiger partial charge in [-0.3, -0.25) is 9.59 Å². The van der Waals surface area contributed by atoms with Gasteiger partial charge in [-0.15, -0.1) is 0 Å². The average Bonchev–Trinajstić information content (AvgIpc) is 2.95. The lowest BCUT2D eigenvalue weighted by Gasteiger charge is -2.23. The Bertz CT molecular complexity index is 411. The summed E-state index contributed by atoms with van der Waals surface area (Å²) in [4.78, 5) is 25.1. The predicted octanol–water partition coefficient (Wildman–Crippen LogP) is 2.18. The molecule has 1 aliphatic heterocycles. The number of Topliss-reactive ketones (excluding diaryl/α,β-unsaturated/α-hetero) is 1. The number of likely N-dealkylation sites (tertiary alicyclic amines) is 1. The van der Waals surface area contributed by atoms with Crippen molar-refractivity contribution in [2.75, 3.05) is 6.54 Å². The van der Waals surface area contributed by atoms with Crippen LogP contribution in [0.15, 0.2) is 22.8 Å². The van der Waals surface area contributed by atoms with E-state index in [0.29, 0.717) is 19.3 Å². The summed E-state index contributed by atoms with van der Waals surface area (Å²) in [6.07, 6.45) is 5.16. The molecule has 1 aliphatic rings. The van der Waals surface area contributed by atoms with Gasteiger partial charge in [-0.1, -0.05) is 0 Å². The zero-order valence-electron chi connectivity index (χ0n) is 10.7. The van der Waals surface area contributed by atoms with Gasteiger partial charge >= 0.3 is 0 Å². The molecule has 0 aromatic carbocycles. The van der Waals surface area contributed by atoms with Crippen LogP contribution in [0, 0.1) is 0 Å². The summed E-state index contributed by atoms with van der Waals surface area (Å²) in [5.41, 5.74) is 0. The second-order valence-corrected chi connectivity index (χ2v) is 4.87. The van der Waals surface area contributed by atoms with Crippen molar-refractivity contribution >= 4 is 11.7 Å². The Balaban J connectivity index is 1.85. The summed E-state index contributed by atoms with van der Waals surface area (Å²) in [7, 11) is 0. The van der Waals surface area contributed by atoms with Crippen LogP contribution in [-0.4, -0.2) is 29.2 Å². The molecule has 98 valence electrons. The third-order valence-electron chi connectivity index (χ3n) is 3.39. The van der Waals surface area contributed by atoms with Gasteiger partial charge in [-0.25, -0.2) is 0 Å². The van der Waals surface area contributed by atoms with E-state index in [4.69, 9.17) is 4.42 Å². The Hall–Kier alpha value is -1.58. The molecule has 1 aromatic heterocycles. The predicted molar refractivity (Wildman–Crippen MR) is 67.1 cm³/mol. The monoisotopic (exact) mass is 249 g/mol. The van der Waals surface area contributed by atoms with Gasteiger partial charge in [0.05, 0.1) is 6.26 Å². The topological polar surface area (TPSA) is 50.5 Å². The van der Waals surface area contributed by atoms with Crippen molar-refractivity contribution < 1.29 is 14.0 Å². The number of nitrogens with zero attached hydrogens (tertiary/aromatic N) is 1. The van der Waals surface area contributed by atoms with Crippen LogP contribution in [0.5, 0.6) is 0 Å². The van der Waals surface area contributed by atoms with E-state index in [1.165, 1.54) is 0 Å². The molecule has 2 heterocycles. The van der Waals surface area contributed by atoms with Gasteiger partial charge in [0, 0.05) is 31.8 Å². The van der Waals surface area contributed by atoms with Crippen molar-refractivity contribution in [2.24, 2.45) is 0 Å². The highest BCUT2D eigenvalue weighted by molar-refractivity contribution is 5.80. The second kappa shape index (κ2) is 5.85. The molecule has 0 spiro atoms. The van der Waals surface area contributed by atoms with Crippen LogP contribution in [0.4, 0.5) is 0 Å². The van der Waals surface area contributed by atoms with Crippen LogP contribution >= 0.6 is 0 Å². The molecule has 1 aromatic rings. The summed E-state index contributed by atoms with van der Waals surface area (Å²) in [6, 6.07) is 3.82. The van der Waals surface area contributed by atoms with Crippen LogP contribution in [0.2, 0.25) is 0 Å². The number of hydrogen-bond donors (Lipinski definition) is 0. The molecule has 2 rings (SSSR count). The molecule has 0 bridgehead atoms. The summed E-state index contributed by atoms with van der Waals surface area (Å²) >= 11 is 0. The molecule has 1 saturated heterocycles. The third-order valence-corrected chi connectivity index (χ3v) is 3.39. The van der Waals surface area contributed by atoms with Crippen molar-refractivity contribution in [3.8, 4) is 0 Å². The molecule has 1 amide bonds. The van der Waals surface area contributed by atoms with Gasteiger partial charge in [0.2, 0.25) is 5.91 Å². The zero-order chi connectivity index (χ0) is 13.0. The standard InChI is InChI=1S/C14H19NO3/c1-11(16)10-12-4-2-8-15(12)14(17)7-6-13-5-3-9-18-13/h3,5,9,12H,2,4,6-8,10H2,1H3. The smallest absolute Gasteiger partial charge is 0.223 e. The molecular formula is C14H19NO3. The van der Waals surface area contributed by atoms with E-state index in [1.807, 2.05) is 17.0 Å². The Morgan fingerprint density at radius 2 is 2.33 bits per heavy atom. The lowest BCUT2D eigenvalue weighted by molar-refractivity contribution is -0.132. The Morgan fingerprint density at radius 3 is 3.00 bits per heavy atom. The fourth-order valence-electron chi connectivity index (χ4n) is 2.54. The molecule has 18 heavy (non-hydrogen) atoms. The fourth-order valence-corrected chi connectivity index (χ4v) is 2.54. The summed E-state index contributed by atoms with van der Waals surface area (Å²) in [5, 5.41) is 0. The van der Waals surface area contributed by atoms with Gasteiger partial charge in [0.25, 0.3) is 0 Å². The highest BCUT2D eigenvalue weighted by Crippen LogP contribution is 2.21. The maximum absolute atomic E-state index is 12.1. The molecular weight excluding hydrogens is 230 g/mol. The highest BCUT2D eigenvalue weighted by atomic mass is 16.3. The van der Waals surface area contributed by atoms with Crippen LogP contribution in [-0.2, 0) is 16.0 Å². The quantitative estimate of drug-likeness (QED) is 0.803. The summed E-state index contributed by atoms with van der Waals surface area (Å²) in [6.45, 7) is 2.37. The van der Waals surface area contributed by atoms with E-state index in [9.17, 15) is 9.59 Å².